The van der Waals surface area contributed by atoms with Gasteiger partial charge in [0.05, 0.1) is 11.1 Å². The molecule has 120 valence electrons. The smallest absolute Gasteiger partial charge is 0.262 e. The Morgan fingerprint density at radius 2 is 1.91 bits per heavy atom. The molecule has 7 heteroatoms. The number of nitrogens with one attached hydrogen (secondary N) is 2. The van der Waals surface area contributed by atoms with Gasteiger partial charge in [-0.2, -0.15) is 0 Å². The molecule has 7 nitrogen and oxygen atoms in total. The number of carbonyl (C=O) groups excluding carboxylic acids is 4. The maximum Gasteiger partial charge on any atom is 0.262 e. The number of anilines is 1. The molecule has 1 unspecified atom stereocenters. The van der Waals surface area contributed by atoms with Crippen molar-refractivity contribution in [1.82, 2.24) is 10.2 Å². The normalized spacial score (nSPS) is 20.6. The number of hydrogen-bond acceptors (Lipinski definition) is 5. The second kappa shape index (κ2) is 5.83. The Labute approximate surface area is 133 Å². The summed E-state index contributed by atoms with van der Waals surface area (Å²) in [6.45, 7) is 2.79. The van der Waals surface area contributed by atoms with Crippen molar-refractivity contribution in [2.24, 2.45) is 0 Å². The van der Waals surface area contributed by atoms with Crippen LogP contribution >= 0.6 is 0 Å². The number of benzene rings is 1. The molecule has 0 aliphatic carbocycles. The molecule has 1 aromatic rings. The van der Waals surface area contributed by atoms with Crippen molar-refractivity contribution in [3.63, 3.8) is 0 Å². The van der Waals surface area contributed by atoms with Gasteiger partial charge < -0.3 is 5.32 Å². The average molecular weight is 315 g/mol. The van der Waals surface area contributed by atoms with E-state index in [0.29, 0.717) is 11.1 Å². The topological polar surface area (TPSA) is 95.6 Å². The van der Waals surface area contributed by atoms with Gasteiger partial charge in [0.1, 0.15) is 6.04 Å². The Hall–Kier alpha value is -2.70. The number of imide groups is 2. The van der Waals surface area contributed by atoms with E-state index in [9.17, 15) is 19.2 Å². The standard InChI is InChI=1S/C16H17N3O4/c1-2-7-17-9-3-4-10-11(8-9)16(23)19(15(10)22)12-5-6-13(20)18-14(12)21/h3-4,8,12,17H,2,5-7H2,1H3,(H,18,20,21). The second-order valence-corrected chi connectivity index (χ2v) is 5.63. The molecule has 2 N–H and O–H groups in total. The molecule has 23 heavy (non-hydrogen) atoms. The van der Waals surface area contributed by atoms with E-state index in [2.05, 4.69) is 10.6 Å². The van der Waals surface area contributed by atoms with Crippen molar-refractivity contribution in [2.45, 2.75) is 32.2 Å². The van der Waals surface area contributed by atoms with Crippen LogP contribution in [0, 0.1) is 0 Å². The van der Waals surface area contributed by atoms with Gasteiger partial charge in [-0.05, 0) is 31.0 Å². The van der Waals surface area contributed by atoms with Gasteiger partial charge in [0.25, 0.3) is 11.8 Å². The lowest BCUT2D eigenvalue weighted by molar-refractivity contribution is -0.136. The Balaban J connectivity index is 1.88. The van der Waals surface area contributed by atoms with Crippen LogP contribution < -0.4 is 10.6 Å². The van der Waals surface area contributed by atoms with Crippen molar-refractivity contribution >= 4 is 29.3 Å². The van der Waals surface area contributed by atoms with Gasteiger partial charge in [0.2, 0.25) is 11.8 Å². The van der Waals surface area contributed by atoms with E-state index >= 15 is 0 Å². The van der Waals surface area contributed by atoms with Crippen LogP contribution in [0.3, 0.4) is 0 Å². The number of carbonyl (C=O) groups is 4. The Morgan fingerprint density at radius 1 is 1.17 bits per heavy atom. The van der Waals surface area contributed by atoms with Crippen LogP contribution in [-0.4, -0.2) is 41.1 Å². The van der Waals surface area contributed by atoms with Crippen LogP contribution in [0.15, 0.2) is 18.2 Å². The first kappa shape index (κ1) is 15.2. The van der Waals surface area contributed by atoms with E-state index in [1.165, 1.54) is 0 Å². The van der Waals surface area contributed by atoms with Crippen LogP contribution in [-0.2, 0) is 9.59 Å². The van der Waals surface area contributed by atoms with Gasteiger partial charge in [-0.25, -0.2) is 0 Å². The fourth-order valence-electron chi connectivity index (χ4n) is 2.85. The summed E-state index contributed by atoms with van der Waals surface area (Å²) in [4.78, 5) is 49.2. The molecule has 1 fully saturated rings. The number of rotatable bonds is 4. The minimum Gasteiger partial charge on any atom is -0.385 e. The molecule has 4 amide bonds. The summed E-state index contributed by atoms with van der Waals surface area (Å²) in [6, 6.07) is 4.05. The first-order chi connectivity index (χ1) is 11.0. The molecule has 2 heterocycles. The van der Waals surface area contributed by atoms with E-state index in [0.717, 1.165) is 23.6 Å². The maximum atomic E-state index is 12.6. The molecule has 1 aromatic carbocycles. The molecule has 0 radical (unpaired) electrons. The molecule has 2 aliphatic heterocycles. The van der Waals surface area contributed by atoms with E-state index in [1.807, 2.05) is 6.92 Å². The minimum absolute atomic E-state index is 0.118. The monoisotopic (exact) mass is 315 g/mol. The summed E-state index contributed by atoms with van der Waals surface area (Å²) < 4.78 is 0. The van der Waals surface area contributed by atoms with Gasteiger partial charge in [0, 0.05) is 18.7 Å². The zero-order chi connectivity index (χ0) is 16.6. The first-order valence-corrected chi connectivity index (χ1v) is 7.62. The number of amides is 4. The van der Waals surface area contributed by atoms with Crippen molar-refractivity contribution < 1.29 is 19.2 Å². The zero-order valence-electron chi connectivity index (χ0n) is 12.7. The van der Waals surface area contributed by atoms with Crippen molar-refractivity contribution in [3.8, 4) is 0 Å². The van der Waals surface area contributed by atoms with Gasteiger partial charge in [-0.3, -0.25) is 29.4 Å². The summed E-state index contributed by atoms with van der Waals surface area (Å²) >= 11 is 0. The van der Waals surface area contributed by atoms with Gasteiger partial charge in [-0.15, -0.1) is 0 Å². The highest BCUT2D eigenvalue weighted by Crippen LogP contribution is 2.29. The van der Waals surface area contributed by atoms with Gasteiger partial charge in [0.15, 0.2) is 0 Å². The van der Waals surface area contributed by atoms with Crippen LogP contribution in [0.5, 0.6) is 0 Å². The van der Waals surface area contributed by atoms with Crippen molar-refractivity contribution in [3.05, 3.63) is 29.3 Å². The van der Waals surface area contributed by atoms with Crippen LogP contribution in [0.2, 0.25) is 0 Å². The fraction of sp³-hybridized carbons (Fsp3) is 0.375. The van der Waals surface area contributed by atoms with Crippen molar-refractivity contribution in [1.29, 1.82) is 0 Å². The third kappa shape index (κ3) is 2.58. The maximum absolute atomic E-state index is 12.6. The van der Waals surface area contributed by atoms with E-state index in [-0.39, 0.29) is 18.7 Å². The Kier molecular flexibility index (Phi) is 3.85. The molecule has 0 spiro atoms. The lowest BCUT2D eigenvalue weighted by atomic mass is 10.0. The van der Waals surface area contributed by atoms with Crippen LogP contribution in [0.1, 0.15) is 46.9 Å². The predicted molar refractivity (Wildman–Crippen MR) is 81.9 cm³/mol. The van der Waals surface area contributed by atoms with Gasteiger partial charge >= 0.3 is 0 Å². The molecule has 2 aliphatic rings. The van der Waals surface area contributed by atoms with Crippen LogP contribution in [0.4, 0.5) is 5.69 Å². The summed E-state index contributed by atoms with van der Waals surface area (Å²) in [5.41, 5.74) is 1.35. The fourth-order valence-corrected chi connectivity index (χ4v) is 2.85. The summed E-state index contributed by atoms with van der Waals surface area (Å²) in [6.07, 6.45) is 1.22. The predicted octanol–water partition coefficient (Wildman–Crippen LogP) is 0.910. The zero-order valence-corrected chi connectivity index (χ0v) is 12.7. The largest absolute Gasteiger partial charge is 0.385 e. The molecule has 1 saturated heterocycles. The molecule has 1 atom stereocenters. The number of fused-ring (bicyclic) bond motifs is 1. The third-order valence-corrected chi connectivity index (χ3v) is 4.02. The van der Waals surface area contributed by atoms with Gasteiger partial charge in [-0.1, -0.05) is 6.92 Å². The quantitative estimate of drug-likeness (QED) is 0.805. The number of hydrogen-bond donors (Lipinski definition) is 2. The first-order valence-electron chi connectivity index (χ1n) is 7.62. The van der Waals surface area contributed by atoms with E-state index < -0.39 is 23.8 Å². The molecule has 3 rings (SSSR count). The highest BCUT2D eigenvalue weighted by molar-refractivity contribution is 6.23. The van der Waals surface area contributed by atoms with E-state index in [4.69, 9.17) is 0 Å². The third-order valence-electron chi connectivity index (χ3n) is 4.02. The minimum atomic E-state index is -0.924. The number of nitrogens with zero attached hydrogens (tertiary/aromatic N) is 1. The highest BCUT2D eigenvalue weighted by Gasteiger charge is 2.44. The average Bonchev–Trinajstić information content (AvgIpc) is 2.77. The Bertz CT molecular complexity index is 713. The summed E-state index contributed by atoms with van der Waals surface area (Å²) in [5.74, 6) is -1.95. The molecule has 0 saturated carbocycles. The molecule has 0 bridgehead atoms. The lowest BCUT2D eigenvalue weighted by Crippen LogP contribution is -2.54. The molecular weight excluding hydrogens is 298 g/mol. The molecular formula is C16H17N3O4. The molecule has 0 aromatic heterocycles. The number of piperidine rings is 1. The second-order valence-electron chi connectivity index (χ2n) is 5.63. The summed E-state index contributed by atoms with van der Waals surface area (Å²) in [5, 5.41) is 5.34. The van der Waals surface area contributed by atoms with Crippen LogP contribution in [0.25, 0.3) is 0 Å². The SMILES string of the molecule is CCCNc1ccc2c(c1)C(=O)N(C1CCC(=O)NC1=O)C2=O. The summed E-state index contributed by atoms with van der Waals surface area (Å²) in [7, 11) is 0. The lowest BCUT2D eigenvalue weighted by Gasteiger charge is -2.27. The van der Waals surface area contributed by atoms with Crippen molar-refractivity contribution in [2.75, 3.05) is 11.9 Å². The highest BCUT2D eigenvalue weighted by atomic mass is 16.2. The van der Waals surface area contributed by atoms with E-state index in [1.54, 1.807) is 18.2 Å². The Morgan fingerprint density at radius 3 is 2.61 bits per heavy atom.